The number of hydrogen-bond acceptors (Lipinski definition) is 2. The lowest BCUT2D eigenvalue weighted by molar-refractivity contribution is 0.985. The second kappa shape index (κ2) is 12.1. The van der Waals surface area contributed by atoms with E-state index in [4.69, 9.17) is 0 Å². The summed E-state index contributed by atoms with van der Waals surface area (Å²) in [5, 5.41) is 2.49. The van der Waals surface area contributed by atoms with Crippen molar-refractivity contribution >= 4 is 57.4 Å². The van der Waals surface area contributed by atoms with Gasteiger partial charge in [-0.25, -0.2) is 0 Å². The largest absolute Gasteiger partial charge is 0.345 e. The average Bonchev–Trinajstić information content (AvgIpc) is 3.37. The second-order valence-corrected chi connectivity index (χ2v) is 12.2. The maximum absolute atomic E-state index is 2.38. The number of anilines is 5. The van der Waals surface area contributed by atoms with Gasteiger partial charge in [0.05, 0.1) is 0 Å². The number of allylic oxidation sites excluding steroid dienone is 3. The molecule has 2 aliphatic carbocycles. The van der Waals surface area contributed by atoms with E-state index in [1.165, 1.54) is 55.5 Å². The molecule has 2 heteroatoms. The van der Waals surface area contributed by atoms with Crippen LogP contribution in [0, 0.1) is 0 Å². The Kier molecular flexibility index (Phi) is 7.32. The molecule has 0 unspecified atom stereocenters. The van der Waals surface area contributed by atoms with Crippen molar-refractivity contribution in [3.8, 4) is 11.1 Å². The molecule has 8 rings (SSSR count). The smallest absolute Gasteiger partial charge is 0.0468 e. The maximum atomic E-state index is 2.38. The van der Waals surface area contributed by atoms with Gasteiger partial charge in [0.25, 0.3) is 0 Å². The predicted octanol–water partition coefficient (Wildman–Crippen LogP) is 12.1. The van der Waals surface area contributed by atoms with Crippen LogP contribution in [0.3, 0.4) is 0 Å². The standard InChI is InChI=1S/C44H36N2/c1-45(42-26-19-32-9-3-2-4-12-37(32)29-42)40-22-15-35(16-23-40)36-17-24-41(25-18-36)46(43-27-20-33-10-5-7-13-38(33)30-43)44-28-21-34-11-6-8-14-39(34)31-44/h3-5,7-10,12-31H,2,6,11H2,1H3. The van der Waals surface area contributed by atoms with E-state index >= 15 is 0 Å². The maximum Gasteiger partial charge on any atom is 0.0468 e. The van der Waals surface area contributed by atoms with Crippen molar-refractivity contribution in [1.82, 2.24) is 0 Å². The molecule has 6 aromatic carbocycles. The third kappa shape index (κ3) is 5.44. The number of hydrogen-bond donors (Lipinski definition) is 0. The van der Waals surface area contributed by atoms with Crippen LogP contribution in [0.1, 0.15) is 35.1 Å². The van der Waals surface area contributed by atoms with Crippen LogP contribution in [-0.4, -0.2) is 7.05 Å². The monoisotopic (exact) mass is 592 g/mol. The molecule has 0 saturated carbocycles. The molecule has 0 bridgehead atoms. The lowest BCUT2D eigenvalue weighted by Crippen LogP contribution is -2.11. The molecule has 0 fully saturated rings. The quantitative estimate of drug-likeness (QED) is 0.190. The lowest BCUT2D eigenvalue weighted by Gasteiger charge is -2.27. The van der Waals surface area contributed by atoms with E-state index in [2.05, 4.69) is 181 Å². The van der Waals surface area contributed by atoms with E-state index in [0.717, 1.165) is 36.3 Å². The molecule has 46 heavy (non-hydrogen) atoms. The molecule has 2 nitrogen and oxygen atoms in total. The van der Waals surface area contributed by atoms with Crippen LogP contribution in [0.4, 0.5) is 28.4 Å². The molecule has 0 radical (unpaired) electrons. The third-order valence-electron chi connectivity index (χ3n) is 9.29. The first-order valence-electron chi connectivity index (χ1n) is 16.2. The number of aryl methyl sites for hydroxylation is 1. The minimum absolute atomic E-state index is 0.982. The van der Waals surface area contributed by atoms with Crippen molar-refractivity contribution in [3.63, 3.8) is 0 Å². The first-order chi connectivity index (χ1) is 22.7. The molecule has 2 aliphatic rings. The summed E-state index contributed by atoms with van der Waals surface area (Å²) in [7, 11) is 2.14. The zero-order valence-electron chi connectivity index (χ0n) is 26.1. The number of fused-ring (bicyclic) bond motifs is 3. The average molecular weight is 593 g/mol. The number of benzene rings is 6. The normalized spacial score (nSPS) is 13.2. The van der Waals surface area contributed by atoms with Gasteiger partial charge in [0, 0.05) is 35.5 Å². The van der Waals surface area contributed by atoms with Gasteiger partial charge in [-0.1, -0.05) is 103 Å². The lowest BCUT2D eigenvalue weighted by atomic mass is 9.96. The fourth-order valence-electron chi connectivity index (χ4n) is 6.68. The fraction of sp³-hybridized carbons (Fsp3) is 0.0909. The van der Waals surface area contributed by atoms with Crippen LogP contribution in [0.15, 0.2) is 146 Å². The van der Waals surface area contributed by atoms with Crippen LogP contribution in [-0.2, 0) is 6.42 Å². The summed E-state index contributed by atoms with van der Waals surface area (Å²) in [6.07, 6.45) is 16.6. The molecule has 0 aromatic heterocycles. The van der Waals surface area contributed by atoms with E-state index in [1.54, 1.807) is 0 Å². The molecule has 222 valence electrons. The van der Waals surface area contributed by atoms with Gasteiger partial charge in [0.1, 0.15) is 0 Å². The summed E-state index contributed by atoms with van der Waals surface area (Å²) < 4.78 is 0. The van der Waals surface area contributed by atoms with Crippen molar-refractivity contribution in [2.45, 2.75) is 19.3 Å². The Morgan fingerprint density at radius 3 is 1.87 bits per heavy atom. The molecular weight excluding hydrogens is 556 g/mol. The molecule has 0 atom stereocenters. The molecule has 0 amide bonds. The zero-order chi connectivity index (χ0) is 30.9. The molecule has 0 heterocycles. The van der Waals surface area contributed by atoms with Gasteiger partial charge < -0.3 is 9.80 Å². The fourth-order valence-corrected chi connectivity index (χ4v) is 6.68. The van der Waals surface area contributed by atoms with E-state index in [0.29, 0.717) is 0 Å². The Morgan fingerprint density at radius 2 is 1.07 bits per heavy atom. The highest BCUT2D eigenvalue weighted by molar-refractivity contribution is 5.90. The molecule has 6 aromatic rings. The van der Waals surface area contributed by atoms with Crippen LogP contribution >= 0.6 is 0 Å². The highest BCUT2D eigenvalue weighted by Gasteiger charge is 2.16. The first-order valence-corrected chi connectivity index (χ1v) is 16.2. The minimum Gasteiger partial charge on any atom is -0.345 e. The Morgan fingerprint density at radius 1 is 0.457 bits per heavy atom. The number of nitrogens with zero attached hydrogens (tertiary/aromatic N) is 2. The van der Waals surface area contributed by atoms with Crippen LogP contribution in [0.5, 0.6) is 0 Å². The van der Waals surface area contributed by atoms with Gasteiger partial charge in [-0.3, -0.25) is 0 Å². The van der Waals surface area contributed by atoms with Crippen molar-refractivity contribution in [2.24, 2.45) is 0 Å². The van der Waals surface area contributed by atoms with Gasteiger partial charge in [0.15, 0.2) is 0 Å². The summed E-state index contributed by atoms with van der Waals surface area (Å²) in [5.74, 6) is 0. The molecular formula is C44H36N2. The Labute approximate surface area is 271 Å². The van der Waals surface area contributed by atoms with Gasteiger partial charge >= 0.3 is 0 Å². The first kappa shape index (κ1) is 27.9. The van der Waals surface area contributed by atoms with Crippen molar-refractivity contribution in [2.75, 3.05) is 16.8 Å². The van der Waals surface area contributed by atoms with Crippen LogP contribution in [0.25, 0.3) is 40.1 Å². The zero-order valence-corrected chi connectivity index (χ0v) is 26.1. The molecule has 0 aliphatic heterocycles. The van der Waals surface area contributed by atoms with Crippen LogP contribution in [0.2, 0.25) is 0 Å². The third-order valence-corrected chi connectivity index (χ3v) is 9.29. The minimum atomic E-state index is 0.982. The highest BCUT2D eigenvalue weighted by Crippen LogP contribution is 2.39. The SMILES string of the molecule is CN(c1ccc(-c2ccc(N(c3ccc4c(c3)C=CCC4)c3ccc4ccccc4c3)cc2)cc1)c1ccc2c(c1)C=CCC=C2. The topological polar surface area (TPSA) is 6.48 Å². The summed E-state index contributed by atoms with van der Waals surface area (Å²) in [6.45, 7) is 0. The summed E-state index contributed by atoms with van der Waals surface area (Å²) >= 11 is 0. The summed E-state index contributed by atoms with van der Waals surface area (Å²) in [4.78, 5) is 4.63. The van der Waals surface area contributed by atoms with Gasteiger partial charge in [-0.2, -0.15) is 0 Å². The van der Waals surface area contributed by atoms with Crippen molar-refractivity contribution in [3.05, 3.63) is 168 Å². The van der Waals surface area contributed by atoms with E-state index in [-0.39, 0.29) is 0 Å². The van der Waals surface area contributed by atoms with E-state index in [1.807, 2.05) is 0 Å². The Hall–Kier alpha value is -5.60. The summed E-state index contributed by atoms with van der Waals surface area (Å²) in [6, 6.07) is 46.8. The molecule has 0 spiro atoms. The van der Waals surface area contributed by atoms with Crippen LogP contribution < -0.4 is 9.80 Å². The van der Waals surface area contributed by atoms with Gasteiger partial charge in [-0.05, 0) is 124 Å². The van der Waals surface area contributed by atoms with Crippen molar-refractivity contribution < 1.29 is 0 Å². The van der Waals surface area contributed by atoms with Gasteiger partial charge in [-0.15, -0.1) is 0 Å². The predicted molar refractivity (Wildman–Crippen MR) is 199 cm³/mol. The Bertz CT molecular complexity index is 2130. The van der Waals surface area contributed by atoms with E-state index in [9.17, 15) is 0 Å². The van der Waals surface area contributed by atoms with Gasteiger partial charge in [0.2, 0.25) is 0 Å². The second-order valence-electron chi connectivity index (χ2n) is 12.2. The molecule has 0 N–H and O–H groups in total. The van der Waals surface area contributed by atoms with Crippen molar-refractivity contribution in [1.29, 1.82) is 0 Å². The summed E-state index contributed by atoms with van der Waals surface area (Å²) in [5.41, 5.74) is 13.5. The number of rotatable bonds is 6. The molecule has 0 saturated heterocycles. The Balaban J connectivity index is 1.10. The highest BCUT2D eigenvalue weighted by atomic mass is 15.1. The van der Waals surface area contributed by atoms with E-state index < -0.39 is 0 Å².